The van der Waals surface area contributed by atoms with Crippen molar-refractivity contribution >= 4 is 11.6 Å². The number of carbonyl (C=O) groups excluding carboxylic acids is 1. The lowest BCUT2D eigenvalue weighted by atomic mass is 9.82. The molecule has 210 valence electrons. The molecule has 6 rings (SSSR count). The largest absolute Gasteiger partial charge is 0.396 e. The summed E-state index contributed by atoms with van der Waals surface area (Å²) in [6.07, 6.45) is 5.76. The Bertz CT molecular complexity index is 1100. The van der Waals surface area contributed by atoms with Gasteiger partial charge in [0, 0.05) is 64.0 Å². The number of hydrazine groups is 1. The first-order valence-corrected chi connectivity index (χ1v) is 14.3. The molecule has 11 nitrogen and oxygen atoms in total. The van der Waals surface area contributed by atoms with Crippen molar-refractivity contribution in [3.63, 3.8) is 0 Å². The third kappa shape index (κ3) is 4.67. The average molecular weight is 529 g/mol. The summed E-state index contributed by atoms with van der Waals surface area (Å²) in [4.78, 5) is 31.2. The lowest BCUT2D eigenvalue weighted by Gasteiger charge is -2.48. The highest BCUT2D eigenvalue weighted by molar-refractivity contribution is 5.83. The van der Waals surface area contributed by atoms with Crippen LogP contribution >= 0.6 is 0 Å². The van der Waals surface area contributed by atoms with E-state index in [0.717, 1.165) is 31.5 Å². The molecule has 1 aromatic rings. The van der Waals surface area contributed by atoms with Crippen molar-refractivity contribution in [3.05, 3.63) is 28.2 Å². The van der Waals surface area contributed by atoms with Crippen LogP contribution in [0, 0.1) is 17.3 Å². The van der Waals surface area contributed by atoms with Crippen LogP contribution in [-0.2, 0) is 11.8 Å². The monoisotopic (exact) mass is 528 g/mol. The van der Waals surface area contributed by atoms with Crippen LogP contribution in [0.3, 0.4) is 0 Å². The topological polar surface area (TPSA) is 126 Å². The second-order valence-electron chi connectivity index (χ2n) is 12.8. The molecule has 1 aliphatic carbocycles. The first kappa shape index (κ1) is 26.2. The van der Waals surface area contributed by atoms with Crippen LogP contribution in [-0.4, -0.2) is 89.3 Å². The Morgan fingerprint density at radius 2 is 2.05 bits per heavy atom. The average Bonchev–Trinajstić information content (AvgIpc) is 3.39. The highest BCUT2D eigenvalue weighted by Gasteiger charge is 2.55. The number of nitrogens with one attached hydrogen (secondary N) is 5. The minimum Gasteiger partial charge on any atom is -0.396 e. The predicted molar refractivity (Wildman–Crippen MR) is 145 cm³/mol. The number of nitrogens with zero attached hydrogens (tertiary/aromatic N) is 3. The molecule has 5 aliphatic rings. The lowest BCUT2D eigenvalue weighted by molar-refractivity contribution is -0.149. The molecule has 6 N–H and O–H groups in total. The number of hydrogen-bond donors (Lipinski definition) is 6. The maximum atomic E-state index is 13.8. The smallest absolute Gasteiger partial charge is 0.273 e. The third-order valence-corrected chi connectivity index (χ3v) is 9.73. The van der Waals surface area contributed by atoms with Gasteiger partial charge in [-0.2, -0.15) is 0 Å². The quantitative estimate of drug-likeness (QED) is 0.300. The number of aliphatic hydroxyl groups excluding tert-OH is 1. The molecule has 7 unspecified atom stereocenters. The zero-order chi connectivity index (χ0) is 26.6. The van der Waals surface area contributed by atoms with Crippen LogP contribution in [0.1, 0.15) is 51.0 Å². The van der Waals surface area contributed by atoms with Gasteiger partial charge in [0.1, 0.15) is 11.9 Å². The number of hydrogen-bond acceptors (Lipinski definition) is 9. The Balaban J connectivity index is 1.21. The van der Waals surface area contributed by atoms with Gasteiger partial charge in [-0.05, 0) is 55.2 Å². The van der Waals surface area contributed by atoms with Gasteiger partial charge < -0.3 is 25.2 Å². The number of fused-ring (bicyclic) bond motifs is 3. The normalized spacial score (nSPS) is 37.2. The van der Waals surface area contributed by atoms with Crippen molar-refractivity contribution in [2.45, 2.75) is 69.9 Å². The van der Waals surface area contributed by atoms with Crippen molar-refractivity contribution in [2.75, 3.05) is 44.8 Å². The Morgan fingerprint density at radius 3 is 2.82 bits per heavy atom. The van der Waals surface area contributed by atoms with Gasteiger partial charge in [-0.15, -0.1) is 0 Å². The number of amides is 1. The molecular formula is C27H44N8O3. The summed E-state index contributed by atoms with van der Waals surface area (Å²) >= 11 is 0. The van der Waals surface area contributed by atoms with E-state index in [4.69, 9.17) is 0 Å². The molecule has 5 heterocycles. The van der Waals surface area contributed by atoms with Crippen LogP contribution in [0.4, 0.5) is 5.69 Å². The Morgan fingerprint density at radius 1 is 1.21 bits per heavy atom. The fourth-order valence-corrected chi connectivity index (χ4v) is 7.95. The Labute approximate surface area is 224 Å². The molecule has 0 radical (unpaired) electrons. The van der Waals surface area contributed by atoms with E-state index in [1.165, 1.54) is 12.8 Å². The summed E-state index contributed by atoms with van der Waals surface area (Å²) in [5.74, 6) is 0.522. The molecule has 1 aromatic heterocycles. The number of aliphatic hydroxyl groups is 1. The van der Waals surface area contributed by atoms with E-state index >= 15 is 0 Å². The van der Waals surface area contributed by atoms with Gasteiger partial charge in [0.05, 0.1) is 12.2 Å². The second kappa shape index (κ2) is 10.2. The molecule has 4 saturated heterocycles. The molecule has 0 spiro atoms. The number of rotatable bonds is 5. The molecule has 0 bridgehead atoms. The molecule has 4 aliphatic heterocycles. The summed E-state index contributed by atoms with van der Waals surface area (Å²) in [6.45, 7) is 8.38. The summed E-state index contributed by atoms with van der Waals surface area (Å²) < 4.78 is 1.62. The number of carbonyl (C=O) groups is 1. The van der Waals surface area contributed by atoms with E-state index in [9.17, 15) is 14.7 Å². The molecule has 0 aromatic carbocycles. The molecule has 1 saturated carbocycles. The van der Waals surface area contributed by atoms with Gasteiger partial charge in [0.25, 0.3) is 5.56 Å². The van der Waals surface area contributed by atoms with Gasteiger partial charge in [0.15, 0.2) is 0 Å². The van der Waals surface area contributed by atoms with Crippen molar-refractivity contribution < 1.29 is 9.90 Å². The van der Waals surface area contributed by atoms with Gasteiger partial charge in [-0.1, -0.05) is 13.8 Å². The van der Waals surface area contributed by atoms with Crippen LogP contribution in [0.2, 0.25) is 0 Å². The number of pyridine rings is 1. The molecule has 7 atom stereocenters. The van der Waals surface area contributed by atoms with E-state index in [0.29, 0.717) is 42.8 Å². The maximum absolute atomic E-state index is 13.8. The van der Waals surface area contributed by atoms with Crippen molar-refractivity contribution in [1.29, 1.82) is 0 Å². The first-order chi connectivity index (χ1) is 18.3. The van der Waals surface area contributed by atoms with Gasteiger partial charge in [-0.25, -0.2) is 5.43 Å². The molecular weight excluding hydrogens is 484 g/mol. The number of aryl methyl sites for hydroxylation is 1. The van der Waals surface area contributed by atoms with Gasteiger partial charge in [0.2, 0.25) is 5.91 Å². The van der Waals surface area contributed by atoms with Crippen LogP contribution in [0.5, 0.6) is 0 Å². The zero-order valence-electron chi connectivity index (χ0n) is 22.9. The van der Waals surface area contributed by atoms with E-state index in [-0.39, 0.29) is 48.3 Å². The summed E-state index contributed by atoms with van der Waals surface area (Å²) in [7, 11) is 1.77. The van der Waals surface area contributed by atoms with Crippen LogP contribution in [0.25, 0.3) is 0 Å². The first-order valence-electron chi connectivity index (χ1n) is 14.3. The fourth-order valence-electron chi connectivity index (χ4n) is 7.95. The molecule has 5 fully saturated rings. The van der Waals surface area contributed by atoms with E-state index < -0.39 is 0 Å². The number of piperazine rings is 1. The number of aromatic nitrogens is 1. The Hall–Kier alpha value is -2.02. The SMILES string of the molecule is Cn1cc(C2CNNC(N3CCN4C(CC5CC(C)(C)CC54)C3=O)C2CO)cc(NC2CCNCN2)c1=O. The summed E-state index contributed by atoms with van der Waals surface area (Å²) in [5, 5.41) is 20.6. The van der Waals surface area contributed by atoms with E-state index in [1.807, 2.05) is 17.2 Å². The van der Waals surface area contributed by atoms with Crippen LogP contribution in [0.15, 0.2) is 17.1 Å². The lowest BCUT2D eigenvalue weighted by Crippen LogP contribution is -2.68. The standard InChI is InChI=1S/C27H44N8O3/c1-27(2)10-16-9-21-26(38)35(7-6-34(21)22(16)11-27)24-19(14-36)18(12-30-32-24)17-8-20(25(37)33(3)13-17)31-23-4-5-28-15-29-23/h8,13,16,18-19,21-24,28-32,36H,4-7,9-12,14-15H2,1-3H3. The maximum Gasteiger partial charge on any atom is 0.273 e. The van der Waals surface area contributed by atoms with Gasteiger partial charge >= 0.3 is 0 Å². The highest BCUT2D eigenvalue weighted by atomic mass is 16.3. The second-order valence-corrected chi connectivity index (χ2v) is 12.8. The predicted octanol–water partition coefficient (Wildman–Crippen LogP) is -0.489. The minimum absolute atomic E-state index is 0.0251. The molecule has 38 heavy (non-hydrogen) atoms. The zero-order valence-corrected chi connectivity index (χ0v) is 22.9. The van der Waals surface area contributed by atoms with Crippen molar-refractivity contribution in [2.24, 2.45) is 24.3 Å². The van der Waals surface area contributed by atoms with E-state index in [2.05, 4.69) is 45.5 Å². The van der Waals surface area contributed by atoms with Crippen molar-refractivity contribution in [1.82, 2.24) is 35.9 Å². The molecule has 11 heteroatoms. The highest BCUT2D eigenvalue weighted by Crippen LogP contribution is 2.51. The van der Waals surface area contributed by atoms with E-state index in [1.54, 1.807) is 11.6 Å². The fraction of sp³-hybridized carbons (Fsp3) is 0.778. The minimum atomic E-state index is -0.315. The number of anilines is 1. The molecule has 1 amide bonds. The van der Waals surface area contributed by atoms with Gasteiger partial charge in [-0.3, -0.25) is 25.2 Å². The van der Waals surface area contributed by atoms with Crippen molar-refractivity contribution in [3.8, 4) is 0 Å². The van der Waals surface area contributed by atoms with Crippen LogP contribution < -0.4 is 32.4 Å². The summed E-state index contributed by atoms with van der Waals surface area (Å²) in [5.41, 5.74) is 8.48. The Kier molecular flexibility index (Phi) is 7.02. The summed E-state index contributed by atoms with van der Waals surface area (Å²) in [6, 6.07) is 2.40. The third-order valence-electron chi connectivity index (χ3n) is 9.73.